The summed E-state index contributed by atoms with van der Waals surface area (Å²) in [6.45, 7) is 0. The minimum atomic E-state index is -0.681. The molecule has 23 heavy (non-hydrogen) atoms. The zero-order valence-electron chi connectivity index (χ0n) is 12.7. The molecule has 0 saturated heterocycles. The topological polar surface area (TPSA) is 86.2 Å². The van der Waals surface area contributed by atoms with Crippen molar-refractivity contribution in [2.45, 2.75) is 44.6 Å². The number of benzene rings is 1. The normalized spacial score (nSPS) is 31.4. The Kier molecular flexibility index (Phi) is 3.22. The van der Waals surface area contributed by atoms with Crippen molar-refractivity contribution in [2.24, 2.45) is 10.8 Å². The van der Waals surface area contributed by atoms with Crippen LogP contribution in [0.25, 0.3) is 10.9 Å². The van der Waals surface area contributed by atoms with E-state index in [9.17, 15) is 15.0 Å². The minimum absolute atomic E-state index is 0.250. The van der Waals surface area contributed by atoms with Gasteiger partial charge in [-0.25, -0.2) is 0 Å². The van der Waals surface area contributed by atoms with Crippen molar-refractivity contribution in [3.05, 3.63) is 28.9 Å². The van der Waals surface area contributed by atoms with Gasteiger partial charge in [0.2, 0.25) is 0 Å². The van der Waals surface area contributed by atoms with Crippen molar-refractivity contribution in [1.82, 2.24) is 10.2 Å². The number of nitrogens with one attached hydrogen (secondary N) is 1. The molecule has 0 spiro atoms. The molecule has 1 aromatic heterocycles. The average molecular weight is 335 g/mol. The van der Waals surface area contributed by atoms with Gasteiger partial charge in [-0.1, -0.05) is 11.6 Å². The van der Waals surface area contributed by atoms with E-state index >= 15 is 0 Å². The van der Waals surface area contributed by atoms with Crippen molar-refractivity contribution in [2.75, 3.05) is 0 Å². The third-order valence-electron chi connectivity index (χ3n) is 6.18. The molecule has 3 N–H and O–H groups in total. The summed E-state index contributed by atoms with van der Waals surface area (Å²) < 4.78 is 0. The van der Waals surface area contributed by atoms with E-state index in [4.69, 9.17) is 11.6 Å². The second-order valence-corrected chi connectivity index (χ2v) is 7.62. The maximum absolute atomic E-state index is 11.6. The number of carboxylic acids is 1. The molecule has 1 heterocycles. The van der Waals surface area contributed by atoms with Gasteiger partial charge in [-0.3, -0.25) is 9.89 Å². The molecule has 1 atom stereocenters. The van der Waals surface area contributed by atoms with Crippen molar-refractivity contribution in [3.8, 4) is 0 Å². The summed E-state index contributed by atoms with van der Waals surface area (Å²) in [5.74, 6) is -0.681. The fraction of sp³-hybridized carbons (Fsp3) is 0.529. The van der Waals surface area contributed by atoms with E-state index in [1.807, 2.05) is 6.07 Å². The lowest BCUT2D eigenvalue weighted by Gasteiger charge is -2.53. The highest BCUT2D eigenvalue weighted by Gasteiger charge is 2.55. The van der Waals surface area contributed by atoms with Crippen molar-refractivity contribution in [3.63, 3.8) is 0 Å². The number of hydrogen-bond acceptors (Lipinski definition) is 3. The summed E-state index contributed by atoms with van der Waals surface area (Å²) in [4.78, 5) is 11.6. The summed E-state index contributed by atoms with van der Waals surface area (Å²) >= 11 is 6.20. The van der Waals surface area contributed by atoms with Crippen LogP contribution in [-0.2, 0) is 4.79 Å². The molecule has 3 fully saturated rings. The first kappa shape index (κ1) is 15.0. The van der Waals surface area contributed by atoms with Gasteiger partial charge in [0.25, 0.3) is 0 Å². The van der Waals surface area contributed by atoms with Gasteiger partial charge in [0, 0.05) is 21.4 Å². The third kappa shape index (κ3) is 2.10. The van der Waals surface area contributed by atoms with E-state index in [-0.39, 0.29) is 5.41 Å². The van der Waals surface area contributed by atoms with E-state index < -0.39 is 17.5 Å². The molecule has 6 heteroatoms. The van der Waals surface area contributed by atoms with Crippen molar-refractivity contribution >= 4 is 28.5 Å². The number of rotatable bonds is 3. The van der Waals surface area contributed by atoms with Crippen LogP contribution in [0.5, 0.6) is 0 Å². The molecule has 0 aliphatic heterocycles. The van der Waals surface area contributed by atoms with Crippen molar-refractivity contribution in [1.29, 1.82) is 0 Å². The molecule has 3 aliphatic rings. The number of H-pyrrole nitrogens is 1. The number of aliphatic carboxylic acids is 1. The molecule has 5 nitrogen and oxygen atoms in total. The molecule has 2 bridgehead atoms. The molecule has 5 rings (SSSR count). The first-order valence-corrected chi connectivity index (χ1v) is 8.38. The molecular formula is C17H19ClN2O3. The molecule has 1 unspecified atom stereocenters. The number of aliphatic hydroxyl groups excluding tert-OH is 1. The fourth-order valence-corrected chi connectivity index (χ4v) is 4.77. The predicted molar refractivity (Wildman–Crippen MR) is 86.3 cm³/mol. The first-order valence-electron chi connectivity index (χ1n) is 8.00. The molecule has 2 aromatic rings. The predicted octanol–water partition coefficient (Wildman–Crippen LogP) is 3.67. The summed E-state index contributed by atoms with van der Waals surface area (Å²) in [6, 6.07) is 3.63. The molecule has 1 aromatic carbocycles. The molecule has 3 saturated carbocycles. The smallest absolute Gasteiger partial charge is 0.309 e. The Labute approximate surface area is 138 Å². The quantitative estimate of drug-likeness (QED) is 0.799. The van der Waals surface area contributed by atoms with E-state index in [2.05, 4.69) is 10.2 Å². The first-order chi connectivity index (χ1) is 11.0. The maximum atomic E-state index is 11.6. The van der Waals surface area contributed by atoms with Crippen molar-refractivity contribution < 1.29 is 15.0 Å². The van der Waals surface area contributed by atoms with E-state index in [1.54, 1.807) is 12.3 Å². The Hall–Kier alpha value is -1.59. The van der Waals surface area contributed by atoms with Gasteiger partial charge in [-0.2, -0.15) is 5.10 Å². The van der Waals surface area contributed by atoms with Crippen LogP contribution in [0.15, 0.2) is 18.3 Å². The number of hydrogen-bond donors (Lipinski definition) is 3. The van der Waals surface area contributed by atoms with E-state index in [0.29, 0.717) is 24.3 Å². The number of aromatic amines is 1. The van der Waals surface area contributed by atoms with E-state index in [1.165, 1.54) is 0 Å². The highest BCUT2D eigenvalue weighted by atomic mass is 35.5. The van der Waals surface area contributed by atoms with Gasteiger partial charge in [-0.05, 0) is 50.7 Å². The Morgan fingerprint density at radius 2 is 1.87 bits per heavy atom. The lowest BCUT2D eigenvalue weighted by Crippen LogP contribution is -2.48. The molecule has 0 amide bonds. The average Bonchev–Trinajstić information content (AvgIpc) is 3.03. The molecule has 122 valence electrons. The zero-order chi connectivity index (χ0) is 16.2. The van der Waals surface area contributed by atoms with Crippen LogP contribution in [0, 0.1) is 10.8 Å². The summed E-state index contributed by atoms with van der Waals surface area (Å²) in [6.07, 6.45) is 5.20. The van der Waals surface area contributed by atoms with Gasteiger partial charge in [0.1, 0.15) is 0 Å². The molecule has 0 radical (unpaired) electrons. The summed E-state index contributed by atoms with van der Waals surface area (Å²) in [5.41, 5.74) is 0.769. The summed E-state index contributed by atoms with van der Waals surface area (Å²) in [7, 11) is 0. The Balaban J connectivity index is 1.71. The van der Waals surface area contributed by atoms with Gasteiger partial charge in [0.15, 0.2) is 0 Å². The lowest BCUT2D eigenvalue weighted by molar-refractivity contribution is -0.164. The fourth-order valence-electron chi connectivity index (χ4n) is 4.54. The van der Waals surface area contributed by atoms with E-state index in [0.717, 1.165) is 35.7 Å². The standard InChI is InChI=1S/C17H19ClN2O3/c18-11-7-10-9-19-20-13(10)12(8-11)14(21)16-1-4-17(5-2-16,6-3-16)15(22)23/h7-9,14,21H,1-6H2,(H,19,20)(H,22,23). The van der Waals surface area contributed by atoms with Gasteiger partial charge in [-0.15, -0.1) is 0 Å². The van der Waals surface area contributed by atoms with Crippen LogP contribution >= 0.6 is 11.6 Å². The number of aromatic nitrogens is 2. The zero-order valence-corrected chi connectivity index (χ0v) is 13.4. The molecule has 3 aliphatic carbocycles. The third-order valence-corrected chi connectivity index (χ3v) is 6.39. The van der Waals surface area contributed by atoms with Crippen LogP contribution in [-0.4, -0.2) is 26.4 Å². The Morgan fingerprint density at radius 3 is 2.48 bits per heavy atom. The van der Waals surface area contributed by atoms with Crippen LogP contribution in [0.2, 0.25) is 5.02 Å². The highest BCUT2D eigenvalue weighted by Crippen LogP contribution is 2.61. The van der Waals surface area contributed by atoms with Gasteiger partial charge < -0.3 is 10.2 Å². The second-order valence-electron chi connectivity index (χ2n) is 7.18. The second kappa shape index (κ2) is 4.95. The van der Waals surface area contributed by atoms with Crippen LogP contribution in [0.4, 0.5) is 0 Å². The number of fused-ring (bicyclic) bond motifs is 4. The number of aliphatic hydroxyl groups is 1. The SMILES string of the molecule is O=C(O)C12CCC(C(O)c3cc(Cl)cc4cn[nH]c34)(CC1)CC2. The van der Waals surface area contributed by atoms with Crippen LogP contribution < -0.4 is 0 Å². The number of carboxylic acid groups (broad SMARTS) is 1. The number of carbonyl (C=O) groups is 1. The number of nitrogens with zero attached hydrogens (tertiary/aromatic N) is 1. The largest absolute Gasteiger partial charge is 0.481 e. The Morgan fingerprint density at radius 1 is 1.22 bits per heavy atom. The van der Waals surface area contributed by atoms with Crippen LogP contribution in [0.1, 0.15) is 50.2 Å². The van der Waals surface area contributed by atoms with Gasteiger partial charge in [0.05, 0.1) is 23.2 Å². The Bertz CT molecular complexity index is 761. The number of halogens is 1. The summed E-state index contributed by atoms with van der Waals surface area (Å²) in [5, 5.41) is 29.1. The maximum Gasteiger partial charge on any atom is 0.309 e. The highest BCUT2D eigenvalue weighted by molar-refractivity contribution is 6.31. The lowest BCUT2D eigenvalue weighted by atomic mass is 9.51. The van der Waals surface area contributed by atoms with Crippen LogP contribution in [0.3, 0.4) is 0 Å². The molecular weight excluding hydrogens is 316 g/mol. The minimum Gasteiger partial charge on any atom is -0.481 e. The van der Waals surface area contributed by atoms with Gasteiger partial charge >= 0.3 is 5.97 Å². The monoisotopic (exact) mass is 334 g/mol.